The van der Waals surface area contributed by atoms with Crippen LogP contribution in [-0.2, 0) is 10.0 Å². The summed E-state index contributed by atoms with van der Waals surface area (Å²) < 4.78 is 64.9. The Morgan fingerprint density at radius 3 is 2.10 bits per heavy atom. The van der Waals surface area contributed by atoms with Crippen LogP contribution in [0.4, 0.5) is 18.9 Å². The summed E-state index contributed by atoms with van der Waals surface area (Å²) in [5, 5.41) is 0. The molecule has 21 heavy (non-hydrogen) atoms. The second-order valence-electron chi connectivity index (χ2n) is 4.22. The molecule has 0 radical (unpaired) electrons. The van der Waals surface area contributed by atoms with Gasteiger partial charge in [-0.25, -0.2) is 21.6 Å². The van der Waals surface area contributed by atoms with Crippen LogP contribution in [0.15, 0.2) is 47.4 Å². The Labute approximate surface area is 120 Å². The zero-order chi connectivity index (χ0) is 15.6. The summed E-state index contributed by atoms with van der Waals surface area (Å²) >= 11 is 0. The zero-order valence-electron chi connectivity index (χ0n) is 11.1. The molecule has 0 unspecified atom stereocenters. The normalized spacial score (nSPS) is 11.4. The number of anilines is 1. The van der Waals surface area contributed by atoms with Gasteiger partial charge in [-0.15, -0.1) is 0 Å². The molecule has 0 saturated carbocycles. The van der Waals surface area contributed by atoms with Crippen LogP contribution in [0.25, 0.3) is 0 Å². The molecule has 2 rings (SSSR count). The van der Waals surface area contributed by atoms with E-state index in [9.17, 15) is 21.6 Å². The summed E-state index contributed by atoms with van der Waals surface area (Å²) in [6.07, 6.45) is 0. The second-order valence-corrected chi connectivity index (χ2v) is 6.08. The summed E-state index contributed by atoms with van der Waals surface area (Å²) in [7, 11) is -4.05. The van der Waals surface area contributed by atoms with Crippen LogP contribution >= 0.6 is 0 Å². The van der Waals surface area contributed by atoms with E-state index in [-0.39, 0.29) is 17.1 Å². The van der Waals surface area contributed by atoms with Gasteiger partial charge in [0, 0.05) is 6.54 Å². The van der Waals surface area contributed by atoms with Crippen molar-refractivity contribution >= 4 is 15.7 Å². The molecule has 0 aliphatic carbocycles. The lowest BCUT2D eigenvalue weighted by Crippen LogP contribution is -2.30. The van der Waals surface area contributed by atoms with Crippen LogP contribution < -0.4 is 4.31 Å². The van der Waals surface area contributed by atoms with Gasteiger partial charge in [0.2, 0.25) is 0 Å². The predicted molar refractivity (Wildman–Crippen MR) is 73.0 cm³/mol. The summed E-state index contributed by atoms with van der Waals surface area (Å²) in [4.78, 5) is -0.368. The fourth-order valence-corrected chi connectivity index (χ4v) is 3.35. The number of hydrogen-bond donors (Lipinski definition) is 0. The Morgan fingerprint density at radius 2 is 1.57 bits per heavy atom. The molecule has 112 valence electrons. The van der Waals surface area contributed by atoms with Crippen LogP contribution in [0.1, 0.15) is 6.92 Å². The van der Waals surface area contributed by atoms with Gasteiger partial charge in [-0.05, 0) is 49.4 Å². The Bertz CT molecular complexity index is 745. The third-order valence-electron chi connectivity index (χ3n) is 2.88. The van der Waals surface area contributed by atoms with Crippen molar-refractivity contribution in [2.45, 2.75) is 11.8 Å². The maximum Gasteiger partial charge on any atom is 0.264 e. The summed E-state index contributed by atoms with van der Waals surface area (Å²) in [5.74, 6) is -2.87. The highest BCUT2D eigenvalue weighted by atomic mass is 32.2. The lowest BCUT2D eigenvalue weighted by Gasteiger charge is -2.23. The first-order valence-corrected chi connectivity index (χ1v) is 7.53. The number of hydrogen-bond acceptors (Lipinski definition) is 2. The molecule has 0 amide bonds. The number of halogens is 3. The molecular formula is C14H12F3NO2S. The van der Waals surface area contributed by atoms with Crippen LogP contribution in [0.5, 0.6) is 0 Å². The highest BCUT2D eigenvalue weighted by Crippen LogP contribution is 2.24. The van der Waals surface area contributed by atoms with Crippen molar-refractivity contribution in [3.8, 4) is 0 Å². The van der Waals surface area contributed by atoms with E-state index in [2.05, 4.69) is 0 Å². The molecule has 0 saturated heterocycles. The van der Waals surface area contributed by atoms with Crippen molar-refractivity contribution in [1.29, 1.82) is 0 Å². The molecular weight excluding hydrogens is 303 g/mol. The standard InChI is InChI=1S/C14H12F3NO2S/c1-2-18(11-5-3-10(15)4-6-11)21(19,20)12-7-8-13(16)14(17)9-12/h3-9H,2H2,1H3. The van der Waals surface area contributed by atoms with Crippen molar-refractivity contribution in [3.05, 3.63) is 59.9 Å². The van der Waals surface area contributed by atoms with Gasteiger partial charge in [0.05, 0.1) is 10.6 Å². The highest BCUT2D eigenvalue weighted by Gasteiger charge is 2.24. The van der Waals surface area contributed by atoms with Gasteiger partial charge in [-0.1, -0.05) is 0 Å². The smallest absolute Gasteiger partial charge is 0.264 e. The molecule has 0 bridgehead atoms. The van der Waals surface area contributed by atoms with Gasteiger partial charge in [0.25, 0.3) is 10.0 Å². The molecule has 2 aromatic rings. The lowest BCUT2D eigenvalue weighted by atomic mass is 10.3. The van der Waals surface area contributed by atoms with Gasteiger partial charge in [-0.2, -0.15) is 0 Å². The van der Waals surface area contributed by atoms with E-state index in [1.165, 1.54) is 12.1 Å². The fraction of sp³-hybridized carbons (Fsp3) is 0.143. The average Bonchev–Trinajstić information content (AvgIpc) is 2.44. The van der Waals surface area contributed by atoms with Gasteiger partial charge < -0.3 is 0 Å². The average molecular weight is 315 g/mol. The maximum atomic E-state index is 13.2. The first-order valence-electron chi connectivity index (χ1n) is 6.09. The van der Waals surface area contributed by atoms with Crippen molar-refractivity contribution in [2.24, 2.45) is 0 Å². The molecule has 0 N–H and O–H groups in total. The first-order chi connectivity index (χ1) is 9.86. The highest BCUT2D eigenvalue weighted by molar-refractivity contribution is 7.92. The van der Waals surface area contributed by atoms with Crippen molar-refractivity contribution < 1.29 is 21.6 Å². The van der Waals surface area contributed by atoms with E-state index in [1.807, 2.05) is 0 Å². The second kappa shape index (κ2) is 5.77. The molecule has 7 heteroatoms. The van der Waals surface area contributed by atoms with Crippen molar-refractivity contribution in [3.63, 3.8) is 0 Å². The molecule has 0 spiro atoms. The minimum absolute atomic E-state index is 0.0625. The summed E-state index contributed by atoms with van der Waals surface area (Å²) in [6, 6.07) is 7.21. The van der Waals surface area contributed by atoms with Gasteiger partial charge >= 0.3 is 0 Å². The molecule has 0 aliphatic rings. The third kappa shape index (κ3) is 3.02. The van der Waals surface area contributed by atoms with Crippen LogP contribution in [-0.4, -0.2) is 15.0 Å². The van der Waals surface area contributed by atoms with E-state index in [1.54, 1.807) is 6.92 Å². The zero-order valence-corrected chi connectivity index (χ0v) is 11.9. The summed E-state index contributed by atoms with van der Waals surface area (Å²) in [6.45, 7) is 1.65. The third-order valence-corrected chi connectivity index (χ3v) is 4.78. The number of sulfonamides is 1. The van der Waals surface area contributed by atoms with E-state index in [0.717, 1.165) is 28.6 Å². The molecule has 2 aromatic carbocycles. The van der Waals surface area contributed by atoms with Crippen LogP contribution in [0, 0.1) is 17.5 Å². The fourth-order valence-electron chi connectivity index (χ4n) is 1.86. The van der Waals surface area contributed by atoms with Crippen molar-refractivity contribution in [2.75, 3.05) is 10.8 Å². The molecule has 0 atom stereocenters. The number of benzene rings is 2. The van der Waals surface area contributed by atoms with Gasteiger partial charge in [0.15, 0.2) is 11.6 Å². The Morgan fingerprint density at radius 1 is 0.952 bits per heavy atom. The SMILES string of the molecule is CCN(c1ccc(F)cc1)S(=O)(=O)c1ccc(F)c(F)c1. The first kappa shape index (κ1) is 15.4. The number of nitrogens with zero attached hydrogens (tertiary/aromatic N) is 1. The minimum atomic E-state index is -4.05. The maximum absolute atomic E-state index is 13.2. The van der Waals surface area contributed by atoms with Crippen LogP contribution in [0.2, 0.25) is 0 Å². The van der Waals surface area contributed by atoms with E-state index < -0.39 is 27.5 Å². The van der Waals surface area contributed by atoms with E-state index in [0.29, 0.717) is 6.07 Å². The topological polar surface area (TPSA) is 37.4 Å². The monoisotopic (exact) mass is 315 g/mol. The predicted octanol–water partition coefficient (Wildman–Crippen LogP) is 3.32. The molecule has 0 aliphatic heterocycles. The minimum Gasteiger partial charge on any atom is -0.267 e. The Hall–Kier alpha value is -2.02. The Balaban J connectivity index is 2.49. The Kier molecular flexibility index (Phi) is 4.22. The largest absolute Gasteiger partial charge is 0.267 e. The lowest BCUT2D eigenvalue weighted by molar-refractivity contribution is 0.504. The summed E-state index contributed by atoms with van der Waals surface area (Å²) in [5.41, 5.74) is 0.239. The molecule has 3 nitrogen and oxygen atoms in total. The molecule has 0 heterocycles. The van der Waals surface area contributed by atoms with Gasteiger partial charge in [-0.3, -0.25) is 4.31 Å². The number of rotatable bonds is 4. The van der Waals surface area contributed by atoms with Crippen molar-refractivity contribution in [1.82, 2.24) is 0 Å². The van der Waals surface area contributed by atoms with E-state index >= 15 is 0 Å². The van der Waals surface area contributed by atoms with Gasteiger partial charge in [0.1, 0.15) is 5.82 Å². The van der Waals surface area contributed by atoms with E-state index in [4.69, 9.17) is 0 Å². The molecule has 0 aromatic heterocycles. The quantitative estimate of drug-likeness (QED) is 0.868. The molecule has 0 fully saturated rings. The van der Waals surface area contributed by atoms with Crippen LogP contribution in [0.3, 0.4) is 0 Å².